The molecule has 2 amide bonds. The number of para-hydroxylation sites is 1. The molecular weight excluding hydrogens is 1030 g/mol. The summed E-state index contributed by atoms with van der Waals surface area (Å²) in [6.07, 6.45) is 6.08. The highest BCUT2D eigenvalue weighted by atomic mass is 32.1. The maximum atomic E-state index is 14.3. The number of amides is 2. The number of aliphatic hydroxyl groups is 1. The van der Waals surface area contributed by atoms with Gasteiger partial charge in [-0.05, 0) is 91.4 Å². The number of benzene rings is 2. The van der Waals surface area contributed by atoms with Crippen LogP contribution >= 0.6 is 11.3 Å². The number of nitrogens with one attached hydrogen (secondary N) is 1. The van der Waals surface area contributed by atoms with Crippen LogP contribution in [0.15, 0.2) is 89.0 Å². The average Bonchev–Trinajstić information content (AvgIpc) is 3.35. The van der Waals surface area contributed by atoms with E-state index in [1.165, 1.54) is 4.90 Å². The maximum Gasteiger partial charge on any atom is 0.255 e. The van der Waals surface area contributed by atoms with Gasteiger partial charge in [-0.2, -0.15) is 0 Å². The van der Waals surface area contributed by atoms with Gasteiger partial charge in [0.15, 0.2) is 18.2 Å². The topological polar surface area (TPSA) is 228 Å². The molecule has 7 heterocycles. The van der Waals surface area contributed by atoms with E-state index in [0.717, 1.165) is 78.3 Å². The SMILES string of the molecule is Cc1ncsc1-c1ccc([C@H](C)NC(=O)[C@@H]2C[C@@H](O)CN2C(=O)[C@@H](c2cc(OCC#CC34CC(COC5CC(Oc6cc(N7C8CCC7CN(c7cc(-c9ccccc9O)nnc7N)C8)ccn6)C5)([C@@H]3C)[C@@H]4C)no2)C(C)C)cc1. The van der Waals surface area contributed by atoms with Crippen LogP contribution < -0.4 is 30.3 Å². The fourth-order valence-corrected chi connectivity index (χ4v) is 14.7. The molecule has 80 heavy (non-hydrogen) atoms. The minimum absolute atomic E-state index is 0.0409. The van der Waals surface area contributed by atoms with Gasteiger partial charge in [0.2, 0.25) is 17.7 Å². The number of aryl methyl sites for hydroxylation is 1. The third kappa shape index (κ3) is 9.66. The molecule has 418 valence electrons. The first kappa shape index (κ1) is 53.4. The Balaban J connectivity index is 0.589. The number of phenols is 1. The minimum atomic E-state index is -0.843. The molecule has 2 unspecified atom stereocenters. The molecule has 3 aliphatic heterocycles. The number of nitrogens with two attached hydrogens (primary N) is 1. The number of anilines is 3. The highest BCUT2D eigenvalue weighted by Crippen LogP contribution is 2.80. The van der Waals surface area contributed by atoms with E-state index in [1.54, 1.807) is 29.5 Å². The third-order valence-corrected chi connectivity index (χ3v) is 19.6. The Morgan fingerprint density at radius 3 is 2.41 bits per heavy atom. The molecule has 4 bridgehead atoms. The summed E-state index contributed by atoms with van der Waals surface area (Å²) in [5.74, 6) is 7.75. The summed E-state index contributed by atoms with van der Waals surface area (Å²) in [6, 6.07) is 22.3. The maximum absolute atomic E-state index is 14.3. The van der Waals surface area contributed by atoms with E-state index in [-0.39, 0.29) is 90.1 Å². The van der Waals surface area contributed by atoms with Crippen LogP contribution in [0.25, 0.3) is 21.7 Å². The van der Waals surface area contributed by atoms with Crippen LogP contribution in [-0.2, 0) is 14.3 Å². The summed E-state index contributed by atoms with van der Waals surface area (Å²) >= 11 is 1.59. The first-order chi connectivity index (χ1) is 38.6. The minimum Gasteiger partial charge on any atom is -0.507 e. The Hall–Kier alpha value is -7.27. The van der Waals surface area contributed by atoms with Gasteiger partial charge in [0, 0.05) is 91.4 Å². The molecule has 4 aliphatic carbocycles. The number of hydrogen-bond acceptors (Lipinski definition) is 17. The largest absolute Gasteiger partial charge is 0.507 e. The second-order valence-corrected chi connectivity index (χ2v) is 24.4. The second kappa shape index (κ2) is 21.3. The van der Waals surface area contributed by atoms with Gasteiger partial charge < -0.3 is 54.7 Å². The standard InChI is InChI=1S/C61H70N10O8S/c1-34(2)55(59(75)70-30-44(72)23-50(70)58(74)65-35(3)39-12-14-40(15-13-39)56-36(4)64-33-80-56)52-27-54(68-79-52)76-21-9-19-60-31-61(37(60)5,38(60)6)32-77-45-24-46(25-45)78-53-22-41(18-20-63-53)71-42-16-17-43(71)29-69(28-42)49-26-48(66-67-57(49)62)47-10-7-8-11-51(47)73/h7-8,10-15,18,20,22,26-27,33-35,37-38,42-46,50,55,72-73H,16-17,21,23-25,28-32H2,1-6H3,(H2,62,67)(H,65,74)/t35-,37+,38+,42?,43?,44+,45?,46?,50-,55+,60?,61?/m0/s1. The quantitative estimate of drug-likeness (QED) is 0.0629. The number of hydrogen-bond donors (Lipinski definition) is 4. The van der Waals surface area contributed by atoms with Crippen molar-refractivity contribution in [3.8, 4) is 51.0 Å². The number of nitrogen functional groups attached to an aromatic ring is 1. The number of aliphatic hydroxyl groups excluding tert-OH is 1. The lowest BCUT2D eigenvalue weighted by molar-refractivity contribution is -0.320. The summed E-state index contributed by atoms with van der Waals surface area (Å²) in [6.45, 7) is 14.7. The number of carbonyl (C=O) groups is 2. The molecule has 3 saturated heterocycles. The van der Waals surface area contributed by atoms with Gasteiger partial charge >= 0.3 is 0 Å². The monoisotopic (exact) mass is 1100 g/mol. The zero-order valence-electron chi connectivity index (χ0n) is 46.1. The summed E-state index contributed by atoms with van der Waals surface area (Å²) in [7, 11) is 0. The van der Waals surface area contributed by atoms with Crippen molar-refractivity contribution in [3.63, 3.8) is 0 Å². The fraction of sp³-hybridized carbons (Fsp3) is 0.492. The van der Waals surface area contributed by atoms with Crippen molar-refractivity contribution in [3.05, 3.63) is 102 Å². The van der Waals surface area contributed by atoms with E-state index in [2.05, 4.69) is 78.3 Å². The Morgan fingerprint density at radius 1 is 0.938 bits per heavy atom. The number of thiazole rings is 1. The molecule has 0 spiro atoms. The predicted molar refractivity (Wildman–Crippen MR) is 303 cm³/mol. The zero-order valence-corrected chi connectivity index (χ0v) is 46.9. The molecular formula is C61H70N10O8S. The first-order valence-electron chi connectivity index (χ1n) is 28.2. The zero-order chi connectivity index (χ0) is 55.6. The number of ether oxygens (including phenoxy) is 3. The molecule has 7 aliphatic rings. The number of nitrogens with zero attached hydrogens (tertiary/aromatic N) is 8. The number of fused-ring (bicyclic) bond motifs is 2. The van der Waals surface area contributed by atoms with E-state index >= 15 is 0 Å². The third-order valence-electron chi connectivity index (χ3n) is 18.6. The Bertz CT molecular complexity index is 3310. The summed E-state index contributed by atoms with van der Waals surface area (Å²) < 4.78 is 24.7. The van der Waals surface area contributed by atoms with Crippen molar-refractivity contribution in [1.82, 2.24) is 35.5 Å². The van der Waals surface area contributed by atoms with E-state index < -0.39 is 18.1 Å². The first-order valence-corrected chi connectivity index (χ1v) is 29.0. The molecule has 8 atom stereocenters. The van der Waals surface area contributed by atoms with Gasteiger partial charge in [0.1, 0.15) is 23.8 Å². The number of likely N-dealkylation sites (tertiary alicyclic amines) is 1. The van der Waals surface area contributed by atoms with Crippen LogP contribution in [0.2, 0.25) is 0 Å². The van der Waals surface area contributed by atoms with E-state index in [1.807, 2.05) is 81.9 Å². The molecule has 13 rings (SSSR count). The van der Waals surface area contributed by atoms with Crippen molar-refractivity contribution in [1.29, 1.82) is 0 Å². The molecule has 18 nitrogen and oxygen atoms in total. The van der Waals surface area contributed by atoms with Crippen LogP contribution in [0.1, 0.15) is 102 Å². The van der Waals surface area contributed by atoms with Gasteiger partial charge in [-0.1, -0.05) is 75.9 Å². The average molecular weight is 1100 g/mol. The molecule has 2 aromatic carbocycles. The van der Waals surface area contributed by atoms with Crippen LogP contribution in [0.4, 0.5) is 17.2 Å². The highest BCUT2D eigenvalue weighted by molar-refractivity contribution is 7.13. The van der Waals surface area contributed by atoms with Crippen molar-refractivity contribution in [2.75, 3.05) is 48.4 Å². The lowest BCUT2D eigenvalue weighted by atomic mass is 9.25. The molecule has 4 aromatic heterocycles. The lowest BCUT2D eigenvalue weighted by Crippen LogP contribution is -2.77. The second-order valence-electron chi connectivity index (χ2n) is 23.5. The number of aromatic hydroxyl groups is 1. The normalized spacial score (nSPS) is 28.0. The predicted octanol–water partition coefficient (Wildman–Crippen LogP) is 8.35. The number of pyridine rings is 1. The van der Waals surface area contributed by atoms with E-state index in [9.17, 15) is 19.8 Å². The van der Waals surface area contributed by atoms with Crippen LogP contribution in [0.5, 0.6) is 17.5 Å². The summed E-state index contributed by atoms with van der Waals surface area (Å²) in [5, 5.41) is 37.0. The molecule has 0 radical (unpaired) electrons. The van der Waals surface area contributed by atoms with Crippen LogP contribution in [-0.4, -0.2) is 122 Å². The van der Waals surface area contributed by atoms with Crippen molar-refractivity contribution < 1.29 is 38.5 Å². The van der Waals surface area contributed by atoms with Crippen LogP contribution in [0.3, 0.4) is 0 Å². The molecule has 19 heteroatoms. The number of phenolic OH excluding ortho intramolecular Hbond substituents is 1. The number of carbonyl (C=O) groups excluding carboxylic acids is 2. The van der Waals surface area contributed by atoms with Crippen molar-refractivity contribution in [2.24, 2.45) is 28.6 Å². The number of β-amino-alcohol motifs (C(OH)–C–C–N with tert-alkyl or cyclic N) is 1. The fourth-order valence-electron chi connectivity index (χ4n) is 13.9. The number of rotatable bonds is 17. The summed E-state index contributed by atoms with van der Waals surface area (Å²) in [5.41, 5.74) is 14.4. The Labute approximate surface area is 470 Å². The molecule has 5 N–H and O–H groups in total. The highest BCUT2D eigenvalue weighted by Gasteiger charge is 2.78. The van der Waals surface area contributed by atoms with Crippen LogP contribution in [0, 0.1) is 47.3 Å². The number of aromatic nitrogens is 5. The van der Waals surface area contributed by atoms with Gasteiger partial charge in [0.05, 0.1) is 52.3 Å². The van der Waals surface area contributed by atoms with Gasteiger partial charge in [-0.25, -0.2) is 9.97 Å². The van der Waals surface area contributed by atoms with Gasteiger partial charge in [-0.3, -0.25) is 9.59 Å². The Kier molecular flexibility index (Phi) is 14.2. The van der Waals surface area contributed by atoms with E-state index in [0.29, 0.717) is 47.2 Å². The van der Waals surface area contributed by atoms with Gasteiger partial charge in [-0.15, -0.1) is 21.5 Å². The van der Waals surface area contributed by atoms with Crippen molar-refractivity contribution in [2.45, 2.75) is 128 Å². The molecule has 7 fully saturated rings. The summed E-state index contributed by atoms with van der Waals surface area (Å²) in [4.78, 5) is 44.4. The lowest BCUT2D eigenvalue weighted by Gasteiger charge is -2.78. The molecule has 4 saturated carbocycles. The molecule has 6 aromatic rings. The van der Waals surface area contributed by atoms with E-state index in [4.69, 9.17) is 24.5 Å². The Morgan fingerprint density at radius 2 is 1.70 bits per heavy atom. The smallest absolute Gasteiger partial charge is 0.255 e. The van der Waals surface area contributed by atoms with Crippen molar-refractivity contribution >= 4 is 40.3 Å². The number of piperazine rings is 1. The van der Waals surface area contributed by atoms with Gasteiger partial charge in [0.25, 0.3) is 5.88 Å².